The summed E-state index contributed by atoms with van der Waals surface area (Å²) in [6.45, 7) is 3.47. The van der Waals surface area contributed by atoms with Crippen LogP contribution in [0.15, 0.2) is 24.5 Å². The van der Waals surface area contributed by atoms with E-state index in [1.807, 2.05) is 25.1 Å². The van der Waals surface area contributed by atoms with E-state index in [-0.39, 0.29) is 0 Å². The second-order valence-corrected chi connectivity index (χ2v) is 3.93. The highest BCUT2D eigenvalue weighted by Crippen LogP contribution is 2.20. The van der Waals surface area contributed by atoms with Crippen molar-refractivity contribution in [1.29, 1.82) is 0 Å². The zero-order chi connectivity index (χ0) is 12.4. The van der Waals surface area contributed by atoms with Crippen molar-refractivity contribution < 1.29 is 9.90 Å². The third kappa shape index (κ3) is 2.33. The Morgan fingerprint density at radius 3 is 2.88 bits per heavy atom. The molecule has 0 fully saturated rings. The van der Waals surface area contributed by atoms with Gasteiger partial charge in [-0.2, -0.15) is 0 Å². The van der Waals surface area contributed by atoms with Crippen LogP contribution in [0.2, 0.25) is 0 Å². The van der Waals surface area contributed by atoms with E-state index in [1.54, 1.807) is 0 Å². The molecule has 0 unspecified atom stereocenters. The van der Waals surface area contributed by atoms with E-state index in [9.17, 15) is 9.90 Å². The fourth-order valence-corrected chi connectivity index (χ4v) is 1.55. The zero-order valence-electron chi connectivity index (χ0n) is 9.60. The summed E-state index contributed by atoms with van der Waals surface area (Å²) in [6.07, 6.45) is 1.40. The molecule has 0 saturated carbocycles. The topological polar surface area (TPSA) is 77.9 Å². The molecule has 0 aliphatic heterocycles. The van der Waals surface area contributed by atoms with Gasteiger partial charge in [0.05, 0.1) is 17.5 Å². The van der Waals surface area contributed by atoms with E-state index in [0.717, 1.165) is 16.5 Å². The van der Waals surface area contributed by atoms with Crippen LogP contribution in [-0.4, -0.2) is 22.0 Å². The first-order valence-corrected chi connectivity index (χ1v) is 5.26. The molecule has 1 atom stereocenters. The molecule has 0 saturated heterocycles. The summed E-state index contributed by atoms with van der Waals surface area (Å²) in [5.41, 5.74) is 1.84. The predicted octanol–water partition coefficient (Wildman–Crippen LogP) is 0.489. The van der Waals surface area contributed by atoms with Crippen LogP contribution < -0.4 is 10.4 Å². The van der Waals surface area contributed by atoms with Crippen molar-refractivity contribution in [3.8, 4) is 0 Å². The van der Waals surface area contributed by atoms with Gasteiger partial charge >= 0.3 is 0 Å². The Kier molecular flexibility index (Phi) is 2.91. The Hall–Kier alpha value is -2.17. The number of anilines is 1. The first kappa shape index (κ1) is 11.3. The number of nitrogens with one attached hydrogen (secondary N) is 1. The summed E-state index contributed by atoms with van der Waals surface area (Å²) >= 11 is 0. The van der Waals surface area contributed by atoms with Crippen LogP contribution >= 0.6 is 0 Å². The second kappa shape index (κ2) is 4.37. The van der Waals surface area contributed by atoms with E-state index < -0.39 is 12.0 Å². The average molecular weight is 230 g/mol. The van der Waals surface area contributed by atoms with Crippen LogP contribution in [-0.2, 0) is 4.79 Å². The number of hydrogen-bond acceptors (Lipinski definition) is 5. The van der Waals surface area contributed by atoms with Crippen molar-refractivity contribution >= 4 is 22.7 Å². The fraction of sp³-hybridized carbons (Fsp3) is 0.250. The summed E-state index contributed by atoms with van der Waals surface area (Å²) in [5.74, 6) is -0.653. The molecule has 0 amide bonds. The minimum atomic E-state index is -1.16. The third-order valence-corrected chi connectivity index (χ3v) is 2.50. The molecule has 0 aliphatic carbocycles. The molecule has 0 spiro atoms. The molecule has 1 heterocycles. The van der Waals surface area contributed by atoms with Crippen LogP contribution in [0.3, 0.4) is 0 Å². The Labute approximate surface area is 98.5 Å². The maximum absolute atomic E-state index is 10.7. The van der Waals surface area contributed by atoms with Crippen LogP contribution in [0.4, 0.5) is 5.82 Å². The molecule has 0 radical (unpaired) electrons. The first-order chi connectivity index (χ1) is 8.08. The SMILES string of the molecule is Cc1ccc2ncnc(N[C@@H](C)C(=O)[O-])c2c1. The van der Waals surface area contributed by atoms with Gasteiger partial charge in [0.25, 0.3) is 0 Å². The minimum absolute atomic E-state index is 0.510. The van der Waals surface area contributed by atoms with Crippen molar-refractivity contribution in [2.75, 3.05) is 5.32 Å². The summed E-state index contributed by atoms with van der Waals surface area (Å²) in [7, 11) is 0. The number of carbonyl (C=O) groups is 1. The van der Waals surface area contributed by atoms with E-state index in [4.69, 9.17) is 0 Å². The standard InChI is InChI=1S/C12H13N3O2/c1-7-3-4-10-9(5-7)11(14-6-13-10)15-8(2)12(16)17/h3-6,8H,1-2H3,(H,16,17)(H,13,14,15)/p-1/t8-/m0/s1. The molecule has 17 heavy (non-hydrogen) atoms. The summed E-state index contributed by atoms with van der Waals surface area (Å²) in [4.78, 5) is 18.9. The second-order valence-electron chi connectivity index (χ2n) is 3.93. The lowest BCUT2D eigenvalue weighted by Crippen LogP contribution is -2.38. The highest BCUT2D eigenvalue weighted by atomic mass is 16.4. The van der Waals surface area contributed by atoms with Crippen molar-refractivity contribution in [2.24, 2.45) is 0 Å². The smallest absolute Gasteiger partial charge is 0.137 e. The van der Waals surface area contributed by atoms with Gasteiger partial charge in [0.2, 0.25) is 0 Å². The molecular formula is C12H12N3O2-. The maximum atomic E-state index is 10.7. The lowest BCUT2D eigenvalue weighted by atomic mass is 10.1. The number of carbonyl (C=O) groups excluding carboxylic acids is 1. The number of fused-ring (bicyclic) bond motifs is 1. The Morgan fingerprint density at radius 2 is 2.18 bits per heavy atom. The van der Waals surface area contributed by atoms with Crippen molar-refractivity contribution in [3.05, 3.63) is 30.1 Å². The van der Waals surface area contributed by atoms with Gasteiger partial charge in [0, 0.05) is 5.39 Å². The number of hydrogen-bond donors (Lipinski definition) is 1. The van der Waals surface area contributed by atoms with Gasteiger partial charge in [0.1, 0.15) is 12.1 Å². The van der Waals surface area contributed by atoms with Crippen LogP contribution in [0.25, 0.3) is 10.9 Å². The predicted molar refractivity (Wildman–Crippen MR) is 62.4 cm³/mol. The van der Waals surface area contributed by atoms with Gasteiger partial charge in [-0.3, -0.25) is 0 Å². The number of nitrogens with zero attached hydrogens (tertiary/aromatic N) is 2. The zero-order valence-corrected chi connectivity index (χ0v) is 9.60. The van der Waals surface area contributed by atoms with Crippen molar-refractivity contribution in [1.82, 2.24) is 9.97 Å². The number of aliphatic carboxylic acids is 1. The fourth-order valence-electron chi connectivity index (χ4n) is 1.55. The van der Waals surface area contributed by atoms with E-state index in [0.29, 0.717) is 5.82 Å². The van der Waals surface area contributed by atoms with E-state index in [2.05, 4.69) is 15.3 Å². The molecular weight excluding hydrogens is 218 g/mol. The van der Waals surface area contributed by atoms with Crippen LogP contribution in [0.5, 0.6) is 0 Å². The number of aromatic nitrogens is 2. The molecule has 1 aromatic heterocycles. The van der Waals surface area contributed by atoms with Gasteiger partial charge in [-0.05, 0) is 26.0 Å². The minimum Gasteiger partial charge on any atom is -0.548 e. The number of rotatable bonds is 3. The number of carboxylic acids is 1. The third-order valence-electron chi connectivity index (χ3n) is 2.50. The van der Waals surface area contributed by atoms with Crippen LogP contribution in [0.1, 0.15) is 12.5 Å². The van der Waals surface area contributed by atoms with Crippen LogP contribution in [0, 0.1) is 6.92 Å². The number of carboxylic acid groups (broad SMARTS) is 1. The quantitative estimate of drug-likeness (QED) is 0.830. The van der Waals surface area contributed by atoms with Gasteiger partial charge in [-0.15, -0.1) is 0 Å². The van der Waals surface area contributed by atoms with E-state index >= 15 is 0 Å². The maximum Gasteiger partial charge on any atom is 0.137 e. The number of benzene rings is 1. The highest BCUT2D eigenvalue weighted by Gasteiger charge is 2.07. The highest BCUT2D eigenvalue weighted by molar-refractivity contribution is 5.90. The van der Waals surface area contributed by atoms with E-state index in [1.165, 1.54) is 13.3 Å². The summed E-state index contributed by atoms with van der Waals surface area (Å²) in [6, 6.07) is 4.94. The average Bonchev–Trinajstić information content (AvgIpc) is 2.29. The molecule has 1 aromatic carbocycles. The molecule has 0 bridgehead atoms. The summed E-state index contributed by atoms with van der Waals surface area (Å²) < 4.78 is 0. The molecule has 1 N–H and O–H groups in total. The molecule has 2 aromatic rings. The van der Waals surface area contributed by atoms with Gasteiger partial charge < -0.3 is 15.2 Å². The normalized spacial score (nSPS) is 12.4. The first-order valence-electron chi connectivity index (χ1n) is 5.26. The number of aryl methyl sites for hydroxylation is 1. The molecule has 5 heteroatoms. The Bertz CT molecular complexity index is 569. The van der Waals surface area contributed by atoms with Crippen molar-refractivity contribution in [2.45, 2.75) is 19.9 Å². The monoisotopic (exact) mass is 230 g/mol. The molecule has 0 aliphatic rings. The van der Waals surface area contributed by atoms with Gasteiger partial charge in [-0.25, -0.2) is 9.97 Å². The molecule has 2 rings (SSSR count). The summed E-state index contributed by atoms with van der Waals surface area (Å²) in [5, 5.41) is 14.3. The lowest BCUT2D eigenvalue weighted by molar-refractivity contribution is -0.306. The van der Waals surface area contributed by atoms with Crippen molar-refractivity contribution in [3.63, 3.8) is 0 Å². The van der Waals surface area contributed by atoms with Gasteiger partial charge in [0.15, 0.2) is 0 Å². The Morgan fingerprint density at radius 1 is 1.41 bits per heavy atom. The molecule has 5 nitrogen and oxygen atoms in total. The Balaban J connectivity index is 2.46. The molecule has 88 valence electrons. The largest absolute Gasteiger partial charge is 0.548 e. The van der Waals surface area contributed by atoms with Gasteiger partial charge in [-0.1, -0.05) is 11.6 Å². The lowest BCUT2D eigenvalue weighted by Gasteiger charge is -2.16.